The standard InChI is InChI=1S/C23H26NPS.C3H8.C2H6/c1-20-12-14-23(15-13-20)26-19-17-24-16-18-25(21-8-4-2-5-9-21)22-10-6-3-7-11-22;1-3-2;1-2/h2-15,24H,16-19H2,1H3;3H2,1-2H3;1-2H3. The molecular weight excluding hydrogens is 413 g/mol. The molecule has 0 amide bonds. The lowest BCUT2D eigenvalue weighted by atomic mass is 10.2. The van der Waals surface area contributed by atoms with Gasteiger partial charge in [-0.05, 0) is 50.3 Å². The van der Waals surface area contributed by atoms with Crippen molar-refractivity contribution in [3.8, 4) is 0 Å². The largest absolute Gasteiger partial charge is 0.316 e. The normalized spacial score (nSPS) is 10.0. The Hall–Kier alpha value is -1.60. The Morgan fingerprint density at radius 3 is 1.68 bits per heavy atom. The van der Waals surface area contributed by atoms with E-state index in [1.54, 1.807) is 0 Å². The Balaban J connectivity index is 0.000000884. The molecule has 1 nitrogen and oxygen atoms in total. The summed E-state index contributed by atoms with van der Waals surface area (Å²) in [5, 5.41) is 6.56. The number of aryl methyl sites for hydroxylation is 1. The van der Waals surface area contributed by atoms with Crippen LogP contribution in [0.5, 0.6) is 0 Å². The number of hydrogen-bond acceptors (Lipinski definition) is 2. The molecule has 0 unspecified atom stereocenters. The van der Waals surface area contributed by atoms with E-state index in [1.165, 1.54) is 33.7 Å². The van der Waals surface area contributed by atoms with Crippen molar-refractivity contribution in [2.24, 2.45) is 0 Å². The number of rotatable bonds is 9. The van der Waals surface area contributed by atoms with Crippen LogP contribution in [0.3, 0.4) is 0 Å². The van der Waals surface area contributed by atoms with E-state index in [0.717, 1.165) is 18.8 Å². The fourth-order valence-corrected chi connectivity index (χ4v) is 5.89. The average Bonchev–Trinajstić information content (AvgIpc) is 2.83. The maximum Gasteiger partial charge on any atom is 0.0106 e. The minimum atomic E-state index is -0.289. The highest BCUT2D eigenvalue weighted by Gasteiger charge is 2.12. The van der Waals surface area contributed by atoms with Crippen molar-refractivity contribution >= 4 is 30.3 Å². The number of hydrogen-bond donors (Lipinski definition) is 1. The van der Waals surface area contributed by atoms with Gasteiger partial charge in [-0.2, -0.15) is 0 Å². The molecule has 0 aliphatic carbocycles. The van der Waals surface area contributed by atoms with Crippen LogP contribution in [0, 0.1) is 6.92 Å². The Labute approximate surface area is 196 Å². The second-order valence-electron chi connectivity index (χ2n) is 6.94. The molecule has 3 rings (SSSR count). The zero-order chi connectivity index (χ0) is 22.7. The van der Waals surface area contributed by atoms with Crippen molar-refractivity contribution in [1.82, 2.24) is 5.32 Å². The first-order chi connectivity index (χ1) is 15.2. The molecule has 0 spiro atoms. The summed E-state index contributed by atoms with van der Waals surface area (Å²) in [6.45, 7) is 12.5. The van der Waals surface area contributed by atoms with Gasteiger partial charge in [0.25, 0.3) is 0 Å². The third-order valence-electron chi connectivity index (χ3n) is 4.22. The predicted octanol–water partition coefficient (Wildman–Crippen LogP) is 7.25. The van der Waals surface area contributed by atoms with Crippen molar-refractivity contribution in [3.63, 3.8) is 0 Å². The molecule has 1 N–H and O–H groups in total. The number of nitrogens with one attached hydrogen (secondary N) is 1. The molecule has 168 valence electrons. The van der Waals surface area contributed by atoms with Crippen LogP contribution >= 0.6 is 19.7 Å². The quantitative estimate of drug-likeness (QED) is 0.208. The minimum Gasteiger partial charge on any atom is -0.316 e. The monoisotopic (exact) mass is 453 g/mol. The molecule has 0 aliphatic heterocycles. The molecule has 3 aromatic carbocycles. The van der Waals surface area contributed by atoms with Crippen molar-refractivity contribution in [2.75, 3.05) is 25.0 Å². The summed E-state index contributed by atoms with van der Waals surface area (Å²) in [5.74, 6) is 1.11. The molecule has 0 bridgehead atoms. The van der Waals surface area contributed by atoms with Gasteiger partial charge in [0, 0.05) is 17.2 Å². The first-order valence-electron chi connectivity index (χ1n) is 11.5. The van der Waals surface area contributed by atoms with Gasteiger partial charge in [-0.15, -0.1) is 11.8 Å². The Morgan fingerprint density at radius 2 is 1.19 bits per heavy atom. The summed E-state index contributed by atoms with van der Waals surface area (Å²) in [6, 6.07) is 30.7. The van der Waals surface area contributed by atoms with E-state index in [0.29, 0.717) is 0 Å². The lowest BCUT2D eigenvalue weighted by Gasteiger charge is -2.19. The number of thioether (sulfide) groups is 1. The molecule has 0 atom stereocenters. The summed E-state index contributed by atoms with van der Waals surface area (Å²) >= 11 is 1.92. The van der Waals surface area contributed by atoms with Crippen LogP contribution in [0.15, 0.2) is 89.8 Å². The van der Waals surface area contributed by atoms with Crippen LogP contribution in [0.2, 0.25) is 0 Å². The van der Waals surface area contributed by atoms with Gasteiger partial charge < -0.3 is 5.32 Å². The average molecular weight is 454 g/mol. The topological polar surface area (TPSA) is 12.0 Å². The summed E-state index contributed by atoms with van der Waals surface area (Å²) in [7, 11) is -0.289. The Morgan fingerprint density at radius 1 is 0.710 bits per heavy atom. The summed E-state index contributed by atoms with van der Waals surface area (Å²) in [6.07, 6.45) is 2.43. The zero-order valence-corrected chi connectivity index (χ0v) is 21.7. The maximum atomic E-state index is 3.63. The molecule has 0 aromatic heterocycles. The lowest BCUT2D eigenvalue weighted by Crippen LogP contribution is -2.24. The van der Waals surface area contributed by atoms with Crippen LogP contribution in [0.25, 0.3) is 0 Å². The van der Waals surface area contributed by atoms with Crippen molar-refractivity contribution in [3.05, 3.63) is 90.5 Å². The van der Waals surface area contributed by atoms with E-state index in [2.05, 4.69) is 111 Å². The fraction of sp³-hybridized carbons (Fsp3) is 0.357. The summed E-state index contributed by atoms with van der Waals surface area (Å²) in [5.41, 5.74) is 1.32. The minimum absolute atomic E-state index is 0.289. The highest BCUT2D eigenvalue weighted by Crippen LogP contribution is 2.32. The van der Waals surface area contributed by atoms with Gasteiger partial charge in [0.1, 0.15) is 0 Å². The lowest BCUT2D eigenvalue weighted by molar-refractivity contribution is 0.773. The maximum absolute atomic E-state index is 3.63. The van der Waals surface area contributed by atoms with Gasteiger partial charge in [0.05, 0.1) is 0 Å². The van der Waals surface area contributed by atoms with Gasteiger partial charge in [0.15, 0.2) is 0 Å². The Kier molecular flexibility index (Phi) is 15.9. The molecular formula is C28H40NPS. The first-order valence-corrected chi connectivity index (χ1v) is 14.0. The van der Waals surface area contributed by atoms with Gasteiger partial charge in [-0.25, -0.2) is 0 Å². The Bertz CT molecular complexity index is 736. The second-order valence-corrected chi connectivity index (χ2v) is 10.4. The molecule has 0 fully saturated rings. The van der Waals surface area contributed by atoms with Crippen LogP contribution in [-0.4, -0.2) is 25.0 Å². The smallest absolute Gasteiger partial charge is 0.0106 e. The van der Waals surface area contributed by atoms with Gasteiger partial charge in [-0.3, -0.25) is 0 Å². The van der Waals surface area contributed by atoms with Crippen molar-refractivity contribution < 1.29 is 0 Å². The zero-order valence-electron chi connectivity index (χ0n) is 20.0. The van der Waals surface area contributed by atoms with E-state index < -0.39 is 0 Å². The van der Waals surface area contributed by atoms with Gasteiger partial charge in [0.2, 0.25) is 0 Å². The van der Waals surface area contributed by atoms with E-state index in [9.17, 15) is 0 Å². The SMILES string of the molecule is CC.CCC.Cc1ccc(SCCNCCP(c2ccccc2)c2ccccc2)cc1. The molecule has 0 radical (unpaired) electrons. The van der Waals surface area contributed by atoms with Gasteiger partial charge >= 0.3 is 0 Å². The molecule has 3 heteroatoms. The van der Waals surface area contributed by atoms with Crippen LogP contribution in [-0.2, 0) is 0 Å². The second kappa shape index (κ2) is 18.0. The third-order valence-corrected chi connectivity index (χ3v) is 7.74. The molecule has 0 saturated heterocycles. The summed E-state index contributed by atoms with van der Waals surface area (Å²) in [4.78, 5) is 1.35. The van der Waals surface area contributed by atoms with Crippen molar-refractivity contribution in [1.29, 1.82) is 0 Å². The molecule has 3 aromatic rings. The van der Waals surface area contributed by atoms with Crippen LogP contribution < -0.4 is 15.9 Å². The molecule has 31 heavy (non-hydrogen) atoms. The van der Waals surface area contributed by atoms with E-state index >= 15 is 0 Å². The highest BCUT2D eigenvalue weighted by atomic mass is 32.2. The van der Waals surface area contributed by atoms with E-state index in [1.807, 2.05) is 25.6 Å². The van der Waals surface area contributed by atoms with E-state index in [-0.39, 0.29) is 7.92 Å². The van der Waals surface area contributed by atoms with Crippen LogP contribution in [0.4, 0.5) is 0 Å². The summed E-state index contributed by atoms with van der Waals surface area (Å²) < 4.78 is 0. The van der Waals surface area contributed by atoms with Crippen molar-refractivity contribution in [2.45, 2.75) is 45.9 Å². The molecule has 0 saturated carbocycles. The predicted molar refractivity (Wildman–Crippen MR) is 146 cm³/mol. The van der Waals surface area contributed by atoms with Gasteiger partial charge in [-0.1, -0.05) is 112 Å². The van der Waals surface area contributed by atoms with Crippen LogP contribution in [0.1, 0.15) is 39.7 Å². The first kappa shape index (κ1) is 27.4. The fourth-order valence-electron chi connectivity index (χ4n) is 2.81. The number of benzene rings is 3. The van der Waals surface area contributed by atoms with E-state index in [4.69, 9.17) is 0 Å². The molecule has 0 aliphatic rings. The third kappa shape index (κ3) is 11.5. The molecule has 0 heterocycles. The highest BCUT2D eigenvalue weighted by molar-refractivity contribution is 7.99.